The van der Waals surface area contributed by atoms with Crippen molar-refractivity contribution in [3.05, 3.63) is 41.4 Å². The first-order valence-corrected chi connectivity index (χ1v) is 7.59. The molecule has 3 rings (SSSR count). The molecule has 3 nitrogen and oxygen atoms in total. The van der Waals surface area contributed by atoms with E-state index in [2.05, 4.69) is 22.4 Å². The molecule has 1 aliphatic heterocycles. The Balaban J connectivity index is 1.65. The molecule has 0 atom stereocenters. The monoisotopic (exact) mass is 274 g/mol. The first-order valence-electron chi connectivity index (χ1n) is 6.71. The van der Waals surface area contributed by atoms with Gasteiger partial charge in [0.25, 0.3) is 0 Å². The molecule has 1 aliphatic rings. The number of aliphatic hydroxyl groups excluding tert-OH is 1. The summed E-state index contributed by atoms with van der Waals surface area (Å²) in [7, 11) is 0. The quantitative estimate of drug-likeness (QED) is 0.935. The molecule has 2 aromatic rings. The molecule has 4 heteroatoms. The molecular weight excluding hydrogens is 256 g/mol. The third-order valence-corrected chi connectivity index (χ3v) is 4.46. The summed E-state index contributed by atoms with van der Waals surface area (Å²) >= 11 is 1.70. The minimum atomic E-state index is -0.105. The van der Waals surface area contributed by atoms with Gasteiger partial charge in [0, 0.05) is 30.6 Å². The second-order valence-corrected chi connectivity index (χ2v) is 5.88. The van der Waals surface area contributed by atoms with Gasteiger partial charge in [-0.2, -0.15) is 0 Å². The highest BCUT2D eigenvalue weighted by Gasteiger charge is 2.17. The number of hydrogen-bond acceptors (Lipinski definition) is 4. The SMILES string of the molecule is OC1CCN(Cc2csc(-c3ccccc3)n2)CC1. The average Bonchev–Trinajstić information content (AvgIpc) is 2.91. The Labute approximate surface area is 117 Å². The van der Waals surface area contributed by atoms with Crippen molar-refractivity contribution in [1.82, 2.24) is 9.88 Å². The van der Waals surface area contributed by atoms with Crippen LogP contribution < -0.4 is 0 Å². The van der Waals surface area contributed by atoms with Crippen LogP contribution in [0.2, 0.25) is 0 Å². The third-order valence-electron chi connectivity index (χ3n) is 3.52. The number of aromatic nitrogens is 1. The number of rotatable bonds is 3. The summed E-state index contributed by atoms with van der Waals surface area (Å²) in [5.41, 5.74) is 2.33. The highest BCUT2D eigenvalue weighted by atomic mass is 32.1. The van der Waals surface area contributed by atoms with Gasteiger partial charge >= 0.3 is 0 Å². The zero-order valence-electron chi connectivity index (χ0n) is 10.8. The average molecular weight is 274 g/mol. The highest BCUT2D eigenvalue weighted by molar-refractivity contribution is 7.13. The summed E-state index contributed by atoms with van der Waals surface area (Å²) in [5.74, 6) is 0. The zero-order chi connectivity index (χ0) is 13.1. The minimum Gasteiger partial charge on any atom is -0.393 e. The minimum absolute atomic E-state index is 0.105. The van der Waals surface area contributed by atoms with Crippen LogP contribution in [-0.4, -0.2) is 34.2 Å². The summed E-state index contributed by atoms with van der Waals surface area (Å²) in [6, 6.07) is 10.3. The van der Waals surface area contributed by atoms with Gasteiger partial charge in [-0.25, -0.2) is 4.98 Å². The Morgan fingerprint density at radius 2 is 1.95 bits per heavy atom. The molecule has 1 N–H and O–H groups in total. The number of aliphatic hydroxyl groups is 1. The van der Waals surface area contributed by atoms with Crippen molar-refractivity contribution in [2.45, 2.75) is 25.5 Å². The van der Waals surface area contributed by atoms with Crippen molar-refractivity contribution in [2.75, 3.05) is 13.1 Å². The maximum absolute atomic E-state index is 9.51. The van der Waals surface area contributed by atoms with Crippen molar-refractivity contribution in [1.29, 1.82) is 0 Å². The molecular formula is C15H18N2OS. The molecule has 0 amide bonds. The molecule has 1 fully saturated rings. The number of likely N-dealkylation sites (tertiary alicyclic amines) is 1. The van der Waals surface area contributed by atoms with Crippen molar-refractivity contribution in [2.24, 2.45) is 0 Å². The van der Waals surface area contributed by atoms with Crippen LogP contribution in [0.1, 0.15) is 18.5 Å². The van der Waals surface area contributed by atoms with Gasteiger partial charge in [0.15, 0.2) is 0 Å². The van der Waals surface area contributed by atoms with Crippen LogP contribution in [0.25, 0.3) is 10.6 Å². The standard InChI is InChI=1S/C15H18N2OS/c18-14-6-8-17(9-7-14)10-13-11-19-15(16-13)12-4-2-1-3-5-12/h1-5,11,14,18H,6-10H2. The van der Waals surface area contributed by atoms with Gasteiger partial charge in [-0.15, -0.1) is 11.3 Å². The first-order chi connectivity index (χ1) is 9.31. The van der Waals surface area contributed by atoms with Crippen molar-refractivity contribution >= 4 is 11.3 Å². The Hall–Kier alpha value is -1.23. The first kappa shape index (κ1) is 12.8. The second kappa shape index (κ2) is 5.82. The fraction of sp³-hybridized carbons (Fsp3) is 0.400. The van der Waals surface area contributed by atoms with Crippen LogP contribution in [-0.2, 0) is 6.54 Å². The predicted octanol–water partition coefficient (Wildman–Crippen LogP) is 2.77. The number of nitrogens with zero attached hydrogens (tertiary/aromatic N) is 2. The van der Waals surface area contributed by atoms with Gasteiger partial charge in [0.1, 0.15) is 5.01 Å². The normalized spacial score (nSPS) is 17.7. The highest BCUT2D eigenvalue weighted by Crippen LogP contribution is 2.24. The Morgan fingerprint density at radius 3 is 2.68 bits per heavy atom. The van der Waals surface area contributed by atoms with E-state index in [-0.39, 0.29) is 6.10 Å². The molecule has 1 aromatic carbocycles. The van der Waals surface area contributed by atoms with Crippen molar-refractivity contribution < 1.29 is 5.11 Å². The Morgan fingerprint density at radius 1 is 1.21 bits per heavy atom. The molecule has 0 spiro atoms. The molecule has 19 heavy (non-hydrogen) atoms. The van der Waals surface area contributed by atoms with Gasteiger partial charge in [0.2, 0.25) is 0 Å². The van der Waals surface area contributed by atoms with Gasteiger partial charge in [-0.05, 0) is 12.8 Å². The van der Waals surface area contributed by atoms with Crippen LogP contribution >= 0.6 is 11.3 Å². The fourth-order valence-corrected chi connectivity index (χ4v) is 3.22. The van der Waals surface area contributed by atoms with E-state index in [9.17, 15) is 5.11 Å². The van der Waals surface area contributed by atoms with E-state index in [0.717, 1.165) is 43.2 Å². The summed E-state index contributed by atoms with van der Waals surface area (Å²) in [5, 5.41) is 12.7. The van der Waals surface area contributed by atoms with Gasteiger partial charge in [0.05, 0.1) is 11.8 Å². The molecule has 0 aliphatic carbocycles. The molecule has 0 radical (unpaired) electrons. The van der Waals surface area contributed by atoms with E-state index in [1.54, 1.807) is 11.3 Å². The number of piperidine rings is 1. The zero-order valence-corrected chi connectivity index (χ0v) is 11.6. The molecule has 0 bridgehead atoms. The lowest BCUT2D eigenvalue weighted by Crippen LogP contribution is -2.35. The van der Waals surface area contributed by atoms with Crippen LogP contribution in [0, 0.1) is 0 Å². The van der Waals surface area contributed by atoms with Crippen molar-refractivity contribution in [3.63, 3.8) is 0 Å². The molecule has 100 valence electrons. The van der Waals surface area contributed by atoms with Gasteiger partial charge in [-0.3, -0.25) is 4.90 Å². The number of benzene rings is 1. The predicted molar refractivity (Wildman–Crippen MR) is 78.1 cm³/mol. The van der Waals surface area contributed by atoms with E-state index in [1.807, 2.05) is 18.2 Å². The maximum Gasteiger partial charge on any atom is 0.123 e. The lowest BCUT2D eigenvalue weighted by molar-refractivity contribution is 0.0787. The third kappa shape index (κ3) is 3.21. The van der Waals surface area contributed by atoms with E-state index < -0.39 is 0 Å². The van der Waals surface area contributed by atoms with E-state index in [0.29, 0.717) is 0 Å². The molecule has 2 heterocycles. The van der Waals surface area contributed by atoms with Crippen LogP contribution in [0.15, 0.2) is 35.7 Å². The maximum atomic E-state index is 9.51. The number of thiazole rings is 1. The van der Waals surface area contributed by atoms with Crippen molar-refractivity contribution in [3.8, 4) is 10.6 Å². The summed E-state index contributed by atoms with van der Waals surface area (Å²) in [4.78, 5) is 7.08. The topological polar surface area (TPSA) is 36.4 Å². The fourth-order valence-electron chi connectivity index (χ4n) is 2.40. The Bertz CT molecular complexity index is 518. The lowest BCUT2D eigenvalue weighted by Gasteiger charge is -2.28. The molecule has 0 unspecified atom stereocenters. The number of hydrogen-bond donors (Lipinski definition) is 1. The smallest absolute Gasteiger partial charge is 0.123 e. The second-order valence-electron chi connectivity index (χ2n) is 5.02. The van der Waals surface area contributed by atoms with Gasteiger partial charge in [-0.1, -0.05) is 30.3 Å². The molecule has 0 saturated carbocycles. The van der Waals surface area contributed by atoms with E-state index in [4.69, 9.17) is 4.98 Å². The van der Waals surface area contributed by atoms with E-state index in [1.165, 1.54) is 5.56 Å². The van der Waals surface area contributed by atoms with Crippen LogP contribution in [0.5, 0.6) is 0 Å². The van der Waals surface area contributed by atoms with Crippen LogP contribution in [0.4, 0.5) is 0 Å². The van der Waals surface area contributed by atoms with Crippen LogP contribution in [0.3, 0.4) is 0 Å². The Kier molecular flexibility index (Phi) is 3.92. The largest absolute Gasteiger partial charge is 0.393 e. The van der Waals surface area contributed by atoms with E-state index >= 15 is 0 Å². The molecule has 1 aromatic heterocycles. The summed E-state index contributed by atoms with van der Waals surface area (Å²) in [6.07, 6.45) is 1.66. The molecule has 1 saturated heterocycles. The summed E-state index contributed by atoms with van der Waals surface area (Å²) in [6.45, 7) is 2.84. The summed E-state index contributed by atoms with van der Waals surface area (Å²) < 4.78 is 0. The lowest BCUT2D eigenvalue weighted by atomic mass is 10.1. The van der Waals surface area contributed by atoms with Gasteiger partial charge < -0.3 is 5.11 Å².